The van der Waals surface area contributed by atoms with Gasteiger partial charge in [0.25, 0.3) is 5.56 Å². The van der Waals surface area contributed by atoms with Gasteiger partial charge in [-0.25, -0.2) is 4.79 Å². The summed E-state index contributed by atoms with van der Waals surface area (Å²) in [6, 6.07) is 0. The summed E-state index contributed by atoms with van der Waals surface area (Å²) in [4.78, 5) is 25.6. The Bertz CT molecular complexity index is 655. The number of aromatic amines is 1. The highest BCUT2D eigenvalue weighted by molar-refractivity contribution is 5.09. The first-order valence-corrected chi connectivity index (χ1v) is 6.79. The fraction of sp³-hybridized carbons (Fsp3) is 0.692. The molecule has 1 unspecified atom stereocenters. The van der Waals surface area contributed by atoms with Gasteiger partial charge < -0.3 is 24.8 Å². The third-order valence-electron chi connectivity index (χ3n) is 4.11. The molecule has 0 spiro atoms. The molecule has 0 aromatic carbocycles. The van der Waals surface area contributed by atoms with Gasteiger partial charge in [-0.2, -0.15) is 0 Å². The van der Waals surface area contributed by atoms with Crippen LogP contribution in [0.25, 0.3) is 0 Å². The largest absolute Gasteiger partial charge is 0.394 e. The van der Waals surface area contributed by atoms with Crippen LogP contribution < -0.4 is 11.2 Å². The molecule has 124 valence electrons. The molecule has 0 bridgehead atoms. The lowest BCUT2D eigenvalue weighted by Crippen LogP contribution is -2.56. The van der Waals surface area contributed by atoms with Gasteiger partial charge in [0.15, 0.2) is 11.8 Å². The number of ether oxygens (including phenoxy) is 2. The van der Waals surface area contributed by atoms with Gasteiger partial charge >= 0.3 is 5.69 Å². The van der Waals surface area contributed by atoms with Crippen molar-refractivity contribution in [2.24, 2.45) is 0 Å². The highest BCUT2D eigenvalue weighted by atomic mass is 16.6. The zero-order chi connectivity index (χ0) is 16.7. The molecule has 1 aliphatic rings. The smallest absolute Gasteiger partial charge is 0.330 e. The Labute approximate surface area is 125 Å². The molecule has 0 amide bonds. The first kappa shape index (κ1) is 16.8. The minimum atomic E-state index is -1.98. The molecule has 1 aromatic heterocycles. The lowest BCUT2D eigenvalue weighted by Gasteiger charge is -2.36. The summed E-state index contributed by atoms with van der Waals surface area (Å²) < 4.78 is 11.5. The number of H-pyrrole nitrogens is 1. The topological polar surface area (TPSA) is 134 Å². The van der Waals surface area contributed by atoms with E-state index >= 15 is 0 Å². The monoisotopic (exact) mass is 316 g/mol. The molecule has 1 aromatic rings. The van der Waals surface area contributed by atoms with Crippen molar-refractivity contribution >= 4 is 0 Å². The highest BCUT2D eigenvalue weighted by Crippen LogP contribution is 2.40. The van der Waals surface area contributed by atoms with Gasteiger partial charge in [-0.05, 0) is 13.8 Å². The van der Waals surface area contributed by atoms with Crippen molar-refractivity contribution in [3.8, 4) is 0 Å². The lowest BCUT2D eigenvalue weighted by molar-refractivity contribution is -0.175. The first-order valence-electron chi connectivity index (χ1n) is 6.79. The van der Waals surface area contributed by atoms with Crippen molar-refractivity contribution in [3.05, 3.63) is 32.6 Å². The molecule has 22 heavy (non-hydrogen) atoms. The summed E-state index contributed by atoms with van der Waals surface area (Å²) in [6.07, 6.45) is -3.56. The molecule has 1 aliphatic heterocycles. The third kappa shape index (κ3) is 2.40. The van der Waals surface area contributed by atoms with E-state index in [1.165, 1.54) is 27.2 Å². The lowest BCUT2D eigenvalue weighted by atomic mass is 9.88. The Hall–Kier alpha value is -1.52. The summed E-state index contributed by atoms with van der Waals surface area (Å²) >= 11 is 0. The van der Waals surface area contributed by atoms with E-state index in [1.54, 1.807) is 0 Å². The second-order valence-electron chi connectivity index (χ2n) is 5.40. The van der Waals surface area contributed by atoms with Crippen LogP contribution in [0.1, 0.15) is 18.7 Å². The molecule has 0 aliphatic carbocycles. The van der Waals surface area contributed by atoms with Crippen LogP contribution in [0.2, 0.25) is 0 Å². The quantitative estimate of drug-likeness (QED) is 0.498. The molecule has 5 atom stereocenters. The van der Waals surface area contributed by atoms with E-state index in [4.69, 9.17) is 9.47 Å². The molecule has 4 N–H and O–H groups in total. The van der Waals surface area contributed by atoms with Crippen LogP contribution in [0.15, 0.2) is 15.8 Å². The fourth-order valence-electron chi connectivity index (χ4n) is 2.61. The van der Waals surface area contributed by atoms with Gasteiger partial charge in [-0.15, -0.1) is 0 Å². The molecule has 0 saturated carbocycles. The standard InChI is InChI=1S/C13H20N2O7/c1-6-4-15(12(19)14-10(6)18)11-13(20,7(2)21-3)9(17)8(5-16)22-11/h4,7-9,11,16-17,20H,5H2,1-3H3,(H,14,18,19)/t7?,8-,9-,11-,13-/m1/s1. The van der Waals surface area contributed by atoms with Gasteiger partial charge in [-0.1, -0.05) is 0 Å². The van der Waals surface area contributed by atoms with E-state index < -0.39 is 48.0 Å². The average molecular weight is 316 g/mol. The third-order valence-corrected chi connectivity index (χ3v) is 4.11. The van der Waals surface area contributed by atoms with Crippen LogP contribution >= 0.6 is 0 Å². The average Bonchev–Trinajstić information content (AvgIpc) is 2.75. The Kier molecular flexibility index (Phi) is 4.54. The normalized spacial score (nSPS) is 33.1. The van der Waals surface area contributed by atoms with E-state index in [-0.39, 0.29) is 5.56 Å². The molecule has 1 saturated heterocycles. The zero-order valence-electron chi connectivity index (χ0n) is 12.5. The molecule has 9 nitrogen and oxygen atoms in total. The Morgan fingerprint density at radius 2 is 2.18 bits per heavy atom. The maximum atomic E-state index is 12.0. The van der Waals surface area contributed by atoms with Gasteiger partial charge in [-0.3, -0.25) is 14.3 Å². The van der Waals surface area contributed by atoms with Crippen molar-refractivity contribution in [2.45, 2.75) is 44.0 Å². The summed E-state index contributed by atoms with van der Waals surface area (Å²) in [6.45, 7) is 2.44. The fourth-order valence-corrected chi connectivity index (χ4v) is 2.61. The van der Waals surface area contributed by atoms with Crippen molar-refractivity contribution in [3.63, 3.8) is 0 Å². The van der Waals surface area contributed by atoms with Gasteiger partial charge in [0.05, 0.1) is 12.7 Å². The molecule has 1 fully saturated rings. The van der Waals surface area contributed by atoms with E-state index in [9.17, 15) is 24.9 Å². The number of rotatable bonds is 4. The Morgan fingerprint density at radius 1 is 1.55 bits per heavy atom. The summed E-state index contributed by atoms with van der Waals surface area (Å²) in [5, 5.41) is 30.4. The van der Waals surface area contributed by atoms with Gasteiger partial charge in [0.1, 0.15) is 12.2 Å². The minimum Gasteiger partial charge on any atom is -0.394 e. The zero-order valence-corrected chi connectivity index (χ0v) is 12.5. The Balaban J connectivity index is 2.59. The van der Waals surface area contributed by atoms with Gasteiger partial charge in [0.2, 0.25) is 0 Å². The number of methoxy groups -OCH3 is 1. The number of nitrogens with zero attached hydrogens (tertiary/aromatic N) is 1. The van der Waals surface area contributed by atoms with E-state index in [1.807, 2.05) is 0 Å². The number of aliphatic hydroxyl groups is 3. The number of aryl methyl sites for hydroxylation is 1. The Morgan fingerprint density at radius 3 is 2.73 bits per heavy atom. The summed E-state index contributed by atoms with van der Waals surface area (Å²) in [7, 11) is 1.33. The second-order valence-corrected chi connectivity index (χ2v) is 5.40. The second kappa shape index (κ2) is 5.94. The minimum absolute atomic E-state index is 0.234. The van der Waals surface area contributed by atoms with Crippen LogP contribution in [-0.4, -0.2) is 62.5 Å². The van der Waals surface area contributed by atoms with Crippen LogP contribution in [0.4, 0.5) is 0 Å². The predicted molar refractivity (Wildman–Crippen MR) is 74.5 cm³/mol. The molecule has 9 heteroatoms. The van der Waals surface area contributed by atoms with Crippen LogP contribution in [-0.2, 0) is 9.47 Å². The first-order chi connectivity index (χ1) is 10.3. The maximum Gasteiger partial charge on any atom is 0.330 e. The van der Waals surface area contributed by atoms with Crippen LogP contribution in [0, 0.1) is 6.92 Å². The van der Waals surface area contributed by atoms with Crippen LogP contribution in [0.5, 0.6) is 0 Å². The van der Waals surface area contributed by atoms with Crippen molar-refractivity contribution in [2.75, 3.05) is 13.7 Å². The number of aromatic nitrogens is 2. The molecular weight excluding hydrogens is 296 g/mol. The number of hydrogen-bond acceptors (Lipinski definition) is 7. The highest BCUT2D eigenvalue weighted by Gasteiger charge is 2.59. The number of nitrogens with one attached hydrogen (secondary N) is 1. The molecule has 2 rings (SSSR count). The van der Waals surface area contributed by atoms with Crippen molar-refractivity contribution < 1.29 is 24.8 Å². The van der Waals surface area contributed by atoms with E-state index in [0.29, 0.717) is 0 Å². The summed E-state index contributed by atoms with van der Waals surface area (Å²) in [5.74, 6) is 0. The molecule has 2 heterocycles. The van der Waals surface area contributed by atoms with E-state index in [0.717, 1.165) is 4.57 Å². The SMILES string of the molecule is COC(C)[C@@]1(O)[C@H](O)[C@@H](CO)O[C@H]1n1cc(C)c(=O)[nH]c1=O. The summed E-state index contributed by atoms with van der Waals surface area (Å²) in [5.41, 5.74) is -3.09. The molecule has 0 radical (unpaired) electrons. The maximum absolute atomic E-state index is 12.0. The predicted octanol–water partition coefficient (Wildman–Crippen LogP) is -2.14. The van der Waals surface area contributed by atoms with E-state index in [2.05, 4.69) is 4.98 Å². The number of hydrogen-bond donors (Lipinski definition) is 4. The number of aliphatic hydroxyl groups excluding tert-OH is 2. The van der Waals surface area contributed by atoms with Gasteiger partial charge in [0, 0.05) is 18.9 Å². The van der Waals surface area contributed by atoms with Crippen molar-refractivity contribution in [1.29, 1.82) is 0 Å². The molecular formula is C13H20N2O7. The van der Waals surface area contributed by atoms with Crippen LogP contribution in [0.3, 0.4) is 0 Å². The van der Waals surface area contributed by atoms with Crippen molar-refractivity contribution in [1.82, 2.24) is 9.55 Å².